The summed E-state index contributed by atoms with van der Waals surface area (Å²) in [7, 11) is 1.79. The normalized spacial score (nSPS) is 16.8. The number of hydrogen-bond donors (Lipinski definition) is 2. The third kappa shape index (κ3) is 3.66. The van der Waals surface area contributed by atoms with Gasteiger partial charge in [-0.2, -0.15) is 0 Å². The summed E-state index contributed by atoms with van der Waals surface area (Å²) in [6, 6.07) is 0.607. The van der Waals surface area contributed by atoms with Gasteiger partial charge in [0.25, 0.3) is 0 Å². The summed E-state index contributed by atoms with van der Waals surface area (Å²) in [5.41, 5.74) is 0.0733. The van der Waals surface area contributed by atoms with Gasteiger partial charge in [-0.1, -0.05) is 32.1 Å². The molecule has 5 nitrogen and oxygen atoms in total. The maximum Gasteiger partial charge on any atom is 0.191 e. The van der Waals surface area contributed by atoms with Crippen molar-refractivity contribution in [2.75, 3.05) is 7.05 Å². The van der Waals surface area contributed by atoms with Crippen LogP contribution in [0.5, 0.6) is 0 Å². The van der Waals surface area contributed by atoms with Crippen LogP contribution in [0.4, 0.5) is 0 Å². The lowest BCUT2D eigenvalue weighted by atomic mass is 9.98. The summed E-state index contributed by atoms with van der Waals surface area (Å²) >= 11 is 1.66. The number of aliphatic imine (C=N–C) groups is 1. The Kier molecular flexibility index (Phi) is 3.85. The van der Waals surface area contributed by atoms with Crippen LogP contribution in [0.25, 0.3) is 0 Å². The minimum atomic E-state index is 0.0733. The Balaban J connectivity index is 1.87. The van der Waals surface area contributed by atoms with E-state index in [2.05, 4.69) is 46.6 Å². The second-order valence-corrected chi connectivity index (χ2v) is 6.66. The zero-order chi connectivity index (χ0) is 13.2. The molecular formula is C12H21N5S. The molecule has 0 spiro atoms. The van der Waals surface area contributed by atoms with Gasteiger partial charge in [0.05, 0.1) is 6.54 Å². The minimum Gasteiger partial charge on any atom is -0.354 e. The zero-order valence-corrected chi connectivity index (χ0v) is 12.3. The van der Waals surface area contributed by atoms with E-state index in [9.17, 15) is 0 Å². The topological polar surface area (TPSA) is 62.2 Å². The molecule has 2 N–H and O–H groups in total. The summed E-state index contributed by atoms with van der Waals surface area (Å²) in [6.45, 7) is 7.13. The van der Waals surface area contributed by atoms with Crippen LogP contribution in [0.15, 0.2) is 4.99 Å². The van der Waals surface area contributed by atoms with Gasteiger partial charge in [0, 0.05) is 18.5 Å². The molecule has 1 saturated carbocycles. The van der Waals surface area contributed by atoms with E-state index >= 15 is 0 Å². The largest absolute Gasteiger partial charge is 0.354 e. The summed E-state index contributed by atoms with van der Waals surface area (Å²) in [6.07, 6.45) is 2.49. The van der Waals surface area contributed by atoms with Crippen LogP contribution in [0.3, 0.4) is 0 Å². The Labute approximate surface area is 112 Å². The number of guanidine groups is 1. The molecule has 0 bridgehead atoms. The van der Waals surface area contributed by atoms with E-state index in [0.29, 0.717) is 12.6 Å². The van der Waals surface area contributed by atoms with Gasteiger partial charge in [-0.3, -0.25) is 4.99 Å². The molecule has 0 amide bonds. The van der Waals surface area contributed by atoms with Crippen molar-refractivity contribution in [3.05, 3.63) is 10.0 Å². The predicted octanol–water partition coefficient (Wildman–Crippen LogP) is 1.66. The predicted molar refractivity (Wildman–Crippen MR) is 75.0 cm³/mol. The number of nitrogens with one attached hydrogen (secondary N) is 2. The molecule has 100 valence electrons. The molecule has 1 aliphatic rings. The zero-order valence-electron chi connectivity index (χ0n) is 11.4. The lowest BCUT2D eigenvalue weighted by molar-refractivity contribution is 0.577. The highest BCUT2D eigenvalue weighted by Gasteiger charge is 2.22. The molecule has 2 rings (SSSR count). The number of rotatable bonds is 3. The van der Waals surface area contributed by atoms with Crippen LogP contribution in [-0.2, 0) is 12.0 Å². The molecule has 1 heterocycles. The van der Waals surface area contributed by atoms with Crippen molar-refractivity contribution in [1.82, 2.24) is 20.8 Å². The van der Waals surface area contributed by atoms with Crippen molar-refractivity contribution < 1.29 is 0 Å². The molecule has 1 aliphatic carbocycles. The highest BCUT2D eigenvalue weighted by atomic mass is 32.1. The molecule has 6 heteroatoms. The average Bonchev–Trinajstić information content (AvgIpc) is 2.97. The average molecular weight is 267 g/mol. The number of hydrogen-bond acceptors (Lipinski definition) is 4. The van der Waals surface area contributed by atoms with E-state index in [1.807, 2.05) is 0 Å². The lowest BCUT2D eigenvalue weighted by Crippen LogP contribution is -2.38. The van der Waals surface area contributed by atoms with Crippen molar-refractivity contribution in [2.24, 2.45) is 4.99 Å². The first kappa shape index (κ1) is 13.3. The molecule has 0 saturated heterocycles. The lowest BCUT2D eigenvalue weighted by Gasteiger charge is -2.12. The van der Waals surface area contributed by atoms with Gasteiger partial charge in [-0.15, -0.1) is 10.2 Å². The Morgan fingerprint density at radius 1 is 1.39 bits per heavy atom. The van der Waals surface area contributed by atoms with Crippen LogP contribution >= 0.6 is 11.3 Å². The third-order valence-corrected chi connectivity index (χ3v) is 4.01. The molecule has 0 aromatic carbocycles. The fraction of sp³-hybridized carbons (Fsp3) is 0.750. The highest BCUT2D eigenvalue weighted by molar-refractivity contribution is 7.11. The van der Waals surface area contributed by atoms with Crippen molar-refractivity contribution in [1.29, 1.82) is 0 Å². The van der Waals surface area contributed by atoms with Gasteiger partial charge in [0.1, 0.15) is 10.0 Å². The van der Waals surface area contributed by atoms with Gasteiger partial charge >= 0.3 is 0 Å². The van der Waals surface area contributed by atoms with E-state index in [4.69, 9.17) is 0 Å². The van der Waals surface area contributed by atoms with E-state index in [1.165, 1.54) is 12.8 Å². The van der Waals surface area contributed by atoms with Crippen LogP contribution < -0.4 is 10.6 Å². The Morgan fingerprint density at radius 2 is 2.11 bits per heavy atom. The molecular weight excluding hydrogens is 246 g/mol. The molecule has 0 atom stereocenters. The quantitative estimate of drug-likeness (QED) is 0.646. The van der Waals surface area contributed by atoms with Gasteiger partial charge in [-0.25, -0.2) is 0 Å². The second kappa shape index (κ2) is 5.22. The maximum atomic E-state index is 4.23. The number of aromatic nitrogens is 2. The van der Waals surface area contributed by atoms with E-state index in [1.54, 1.807) is 18.4 Å². The van der Waals surface area contributed by atoms with Crippen molar-refractivity contribution in [2.45, 2.75) is 51.6 Å². The molecule has 1 aromatic heterocycles. The standard InChI is InChI=1S/C12H21N5S/c1-12(2,3)10-17-16-9(18-10)7-14-11(13-4)15-8-5-6-8/h8H,5-7H2,1-4H3,(H2,13,14,15). The first-order valence-corrected chi connectivity index (χ1v) is 7.11. The van der Waals surface area contributed by atoms with Crippen LogP contribution in [0, 0.1) is 0 Å². The van der Waals surface area contributed by atoms with Crippen molar-refractivity contribution in [3.8, 4) is 0 Å². The van der Waals surface area contributed by atoms with E-state index in [-0.39, 0.29) is 5.41 Å². The van der Waals surface area contributed by atoms with E-state index < -0.39 is 0 Å². The monoisotopic (exact) mass is 267 g/mol. The molecule has 1 aromatic rings. The third-order valence-electron chi connectivity index (χ3n) is 2.66. The SMILES string of the molecule is CN=C(NCc1nnc(C(C)(C)C)s1)NC1CC1. The number of nitrogens with zero attached hydrogens (tertiary/aromatic N) is 3. The fourth-order valence-corrected chi connectivity index (χ4v) is 2.24. The molecule has 0 unspecified atom stereocenters. The Hall–Kier alpha value is -1.17. The first-order valence-electron chi connectivity index (χ1n) is 6.29. The Bertz CT molecular complexity index is 428. The van der Waals surface area contributed by atoms with Crippen LogP contribution in [0.1, 0.15) is 43.6 Å². The summed E-state index contributed by atoms with van der Waals surface area (Å²) in [4.78, 5) is 4.19. The van der Waals surface area contributed by atoms with Crippen molar-refractivity contribution >= 4 is 17.3 Å². The second-order valence-electron chi connectivity index (χ2n) is 5.60. The van der Waals surface area contributed by atoms with E-state index in [0.717, 1.165) is 16.0 Å². The fourth-order valence-electron chi connectivity index (χ4n) is 1.40. The summed E-state index contributed by atoms with van der Waals surface area (Å²) in [5, 5.41) is 17.1. The van der Waals surface area contributed by atoms with Gasteiger partial charge in [0.2, 0.25) is 0 Å². The molecule has 1 fully saturated rings. The summed E-state index contributed by atoms with van der Waals surface area (Å²) in [5.74, 6) is 0.852. The molecule has 0 radical (unpaired) electrons. The minimum absolute atomic E-state index is 0.0733. The molecule has 18 heavy (non-hydrogen) atoms. The van der Waals surface area contributed by atoms with Gasteiger partial charge in [-0.05, 0) is 12.8 Å². The van der Waals surface area contributed by atoms with Crippen LogP contribution in [-0.4, -0.2) is 29.2 Å². The van der Waals surface area contributed by atoms with Crippen LogP contribution in [0.2, 0.25) is 0 Å². The highest BCUT2D eigenvalue weighted by Crippen LogP contribution is 2.25. The maximum absolute atomic E-state index is 4.23. The van der Waals surface area contributed by atoms with Gasteiger partial charge in [0.15, 0.2) is 5.96 Å². The molecule has 0 aliphatic heterocycles. The van der Waals surface area contributed by atoms with Crippen molar-refractivity contribution in [3.63, 3.8) is 0 Å². The Morgan fingerprint density at radius 3 is 2.61 bits per heavy atom. The smallest absolute Gasteiger partial charge is 0.191 e. The first-order chi connectivity index (χ1) is 8.49. The van der Waals surface area contributed by atoms with Gasteiger partial charge < -0.3 is 10.6 Å². The summed E-state index contributed by atoms with van der Waals surface area (Å²) < 4.78 is 0.